The van der Waals surface area contributed by atoms with Gasteiger partial charge in [0.05, 0.1) is 27.4 Å². The summed E-state index contributed by atoms with van der Waals surface area (Å²) in [5.74, 6) is -2.72. The molecule has 30 heteroatoms. The van der Waals surface area contributed by atoms with Crippen LogP contribution in [0.5, 0.6) is 34.5 Å². The van der Waals surface area contributed by atoms with Gasteiger partial charge in [-0.3, -0.25) is 28.8 Å². The Balaban J connectivity index is 0.000000125. The van der Waals surface area contributed by atoms with Gasteiger partial charge in [-0.2, -0.15) is 0 Å². The van der Waals surface area contributed by atoms with Crippen molar-refractivity contribution >= 4 is 66.6 Å². The molecule has 22 nitrogen and oxygen atoms in total. The smallest absolute Gasteiger partial charge is 0.395 e. The minimum Gasteiger partial charge on any atom is -0.395 e. The van der Waals surface area contributed by atoms with Gasteiger partial charge in [0.1, 0.15) is 9.79 Å². The van der Waals surface area contributed by atoms with Crippen molar-refractivity contribution in [2.75, 3.05) is 16.0 Å². The lowest BCUT2D eigenvalue weighted by Gasteiger charge is -2.17. The van der Waals surface area contributed by atoms with Crippen molar-refractivity contribution in [1.29, 1.82) is 0 Å². The Kier molecular flexibility index (Phi) is 15.5. The van der Waals surface area contributed by atoms with Gasteiger partial charge in [-0.15, -0.1) is 26.3 Å². The van der Waals surface area contributed by atoms with Crippen LogP contribution in [0.25, 0.3) is 33.4 Å². The van der Waals surface area contributed by atoms with Gasteiger partial charge in [0, 0.05) is 28.8 Å². The molecule has 0 unspecified atom stereocenters. The number of H-pyrrole nitrogens is 1. The topological polar surface area (TPSA) is 302 Å². The van der Waals surface area contributed by atoms with Crippen LogP contribution in [0, 0.1) is 20.8 Å². The second-order valence-corrected chi connectivity index (χ2v) is 29.2. The van der Waals surface area contributed by atoms with Crippen LogP contribution in [-0.4, -0.2) is 70.2 Å². The van der Waals surface area contributed by atoms with E-state index in [2.05, 4.69) is 49.4 Å². The standard InChI is InChI=1S/2C25H18F2N2O6S.C23H18F2N2O4/c1-13-2-5-16(12-17(13)14-3-7-21-18(10-14)22(30)29-36(21,32)33)28-23(31)24(8-9-24)15-4-6-19-20(11-15)35-25(26,27)34-19;1-13-2-5-16(12-18(13)14-3-6-17-21(10-14)36(32,33)29-22(17)30)28-23(31)24(8-9-24)15-4-7-19-20(11-15)35-25(26,27)34-19;1-13-4-6-15(12-17(13)16-3-2-10-26-20(16)28)27-21(29)22(8-9-22)14-5-7-18-19(11-14)31-23(24,25)30-18/h2*2-7,10-12H,8-9H2,1H3,(H,28,31)(H,29,30);2-7,10-12H,8-9H2,1H3,(H,26,28)(H,27,29). The van der Waals surface area contributed by atoms with E-state index >= 15 is 0 Å². The number of sulfonamides is 2. The summed E-state index contributed by atoms with van der Waals surface area (Å²) in [6.45, 7) is 5.59. The predicted molar refractivity (Wildman–Crippen MR) is 356 cm³/mol. The largest absolute Gasteiger partial charge is 0.586 e. The van der Waals surface area contributed by atoms with E-state index in [1.54, 1.807) is 97.2 Å². The van der Waals surface area contributed by atoms with Gasteiger partial charge in [-0.1, -0.05) is 48.5 Å². The summed E-state index contributed by atoms with van der Waals surface area (Å²) in [6, 6.07) is 41.5. The van der Waals surface area contributed by atoms with Gasteiger partial charge in [0.15, 0.2) is 34.5 Å². The monoisotopic (exact) mass is 1450 g/mol. The number of nitrogens with one attached hydrogen (secondary N) is 6. The number of aryl methyl sites for hydroxylation is 3. The number of amides is 5. The highest BCUT2D eigenvalue weighted by molar-refractivity contribution is 7.91. The van der Waals surface area contributed by atoms with Crippen molar-refractivity contribution in [2.45, 2.75) is 104 Å². The molecule has 5 amide bonds. The zero-order valence-corrected chi connectivity index (χ0v) is 55.6. The van der Waals surface area contributed by atoms with Gasteiger partial charge in [0.2, 0.25) is 17.7 Å². The molecule has 5 aliphatic heterocycles. The number of anilines is 3. The molecule has 1 aromatic heterocycles. The van der Waals surface area contributed by atoms with Crippen molar-refractivity contribution < 1.29 is 95.6 Å². The SMILES string of the molecule is Cc1ccc(NC(=O)C2(c3ccc4c(c3)OC(F)(F)O4)CC2)cc1-c1ccc2c(c1)C(=O)NS2(=O)=O.Cc1ccc(NC(=O)C2(c3ccc4c(c3)OC(F)(F)O4)CC2)cc1-c1ccc2c(c1)S(=O)(=O)NC2=O.Cc1ccc(NC(=O)C2(c3ccc4c(c3)OC(F)(F)O4)CC2)cc1-c1ccc[nH]c1=O. The van der Waals surface area contributed by atoms with Crippen molar-refractivity contribution in [3.8, 4) is 67.9 Å². The third-order valence-corrected chi connectivity index (χ3v) is 21.9. The number of alkyl halides is 6. The van der Waals surface area contributed by atoms with Gasteiger partial charge in [0.25, 0.3) is 37.4 Å². The molecule has 0 saturated heterocycles. The first kappa shape index (κ1) is 67.2. The molecular weight excluding hydrogens is 1390 g/mol. The lowest BCUT2D eigenvalue weighted by molar-refractivity contribution is -0.287. The Morgan fingerprint density at radius 3 is 1.17 bits per heavy atom. The number of aromatic nitrogens is 1. The quantitative estimate of drug-likeness (QED) is 0.0619. The molecule has 9 aromatic rings. The molecule has 0 spiro atoms. The van der Waals surface area contributed by atoms with E-state index in [0.717, 1.165) is 22.3 Å². The third kappa shape index (κ3) is 12.4. The van der Waals surface area contributed by atoms with Crippen LogP contribution in [0.2, 0.25) is 0 Å². The zero-order valence-electron chi connectivity index (χ0n) is 53.9. The van der Waals surface area contributed by atoms with Crippen LogP contribution < -0.4 is 59.4 Å². The second-order valence-electron chi connectivity index (χ2n) is 25.9. The number of pyridine rings is 1. The number of hydrogen-bond acceptors (Lipinski definition) is 16. The molecule has 0 atom stereocenters. The van der Waals surface area contributed by atoms with E-state index in [1.807, 2.05) is 36.3 Å². The van der Waals surface area contributed by atoms with E-state index in [0.29, 0.717) is 100 Å². The number of carbonyl (C=O) groups is 5. The number of hydrogen-bond donors (Lipinski definition) is 6. The van der Waals surface area contributed by atoms with E-state index in [4.69, 9.17) is 0 Å². The lowest BCUT2D eigenvalue weighted by atomic mass is 9.94. The highest BCUT2D eigenvalue weighted by Crippen LogP contribution is 2.56. The van der Waals surface area contributed by atoms with Crippen molar-refractivity contribution in [1.82, 2.24) is 14.4 Å². The average Bonchev–Trinajstić information content (AvgIpc) is 1.59. The molecule has 526 valence electrons. The van der Waals surface area contributed by atoms with Crippen LogP contribution in [-0.2, 0) is 50.7 Å². The van der Waals surface area contributed by atoms with Gasteiger partial charge >= 0.3 is 18.9 Å². The first-order chi connectivity index (χ1) is 48.7. The molecule has 6 N–H and O–H groups in total. The molecule has 3 fully saturated rings. The summed E-state index contributed by atoms with van der Waals surface area (Å²) in [7, 11) is -7.77. The maximum atomic E-state index is 13.4. The molecule has 103 heavy (non-hydrogen) atoms. The van der Waals surface area contributed by atoms with Gasteiger partial charge in [-0.05, 0) is 230 Å². The normalized spacial score (nSPS) is 18.7. The average molecular weight is 1450 g/mol. The molecule has 17 rings (SSSR count). The Labute approximate surface area is 580 Å². The number of benzene rings is 8. The number of carbonyl (C=O) groups excluding carboxylic acids is 5. The van der Waals surface area contributed by atoms with Crippen LogP contribution in [0.1, 0.15) is 92.6 Å². The highest BCUT2D eigenvalue weighted by Gasteiger charge is 2.56. The molecule has 3 saturated carbocycles. The molecular formula is C73H54F6N6O16S2. The summed E-state index contributed by atoms with van der Waals surface area (Å²) in [5.41, 5.74) is 6.97. The number of rotatable bonds is 12. The zero-order chi connectivity index (χ0) is 72.7. The maximum Gasteiger partial charge on any atom is 0.586 e. The Hall–Kier alpha value is -11.7. The summed E-state index contributed by atoms with van der Waals surface area (Å²) in [5, 5.41) is 8.71. The first-order valence-corrected chi connectivity index (χ1v) is 34.8. The minimum absolute atomic E-state index is 0.0544. The summed E-state index contributed by atoms with van der Waals surface area (Å²) >= 11 is 0. The van der Waals surface area contributed by atoms with E-state index < -0.39 is 67.0 Å². The van der Waals surface area contributed by atoms with Gasteiger partial charge in [-0.25, -0.2) is 26.3 Å². The summed E-state index contributed by atoms with van der Waals surface area (Å²) in [4.78, 5) is 78.3. The fourth-order valence-electron chi connectivity index (χ4n) is 13.1. The van der Waals surface area contributed by atoms with Crippen molar-refractivity contribution in [3.63, 3.8) is 0 Å². The lowest BCUT2D eigenvalue weighted by Crippen LogP contribution is -2.28. The maximum absolute atomic E-state index is 13.4. The van der Waals surface area contributed by atoms with Crippen LogP contribution in [0.3, 0.4) is 0 Å². The number of ether oxygens (including phenoxy) is 6. The minimum atomic E-state index is -3.92. The first-order valence-electron chi connectivity index (χ1n) is 31.8. The third-order valence-electron chi connectivity index (χ3n) is 19.1. The Bertz CT molecular complexity index is 5530. The van der Waals surface area contributed by atoms with Crippen molar-refractivity contribution in [2.24, 2.45) is 0 Å². The number of fused-ring (bicyclic) bond motifs is 5. The fourth-order valence-corrected chi connectivity index (χ4v) is 15.5. The molecule has 3 aliphatic carbocycles. The van der Waals surface area contributed by atoms with E-state index in [9.17, 15) is 71.9 Å². The molecule has 0 radical (unpaired) electrons. The number of aromatic amines is 1. The second kappa shape index (κ2) is 23.7. The summed E-state index contributed by atoms with van der Waals surface area (Å²) < 4.78 is 160. The van der Waals surface area contributed by atoms with E-state index in [1.165, 1.54) is 60.7 Å². The van der Waals surface area contributed by atoms with Crippen LogP contribution >= 0.6 is 0 Å². The molecule has 8 aliphatic rings. The fraction of sp³-hybridized carbons (Fsp3) is 0.205. The molecule has 0 bridgehead atoms. The Morgan fingerprint density at radius 1 is 0.379 bits per heavy atom. The molecule has 8 aromatic carbocycles. The van der Waals surface area contributed by atoms with Gasteiger partial charge < -0.3 is 49.4 Å². The van der Waals surface area contributed by atoms with Crippen LogP contribution in [0.15, 0.2) is 179 Å². The Morgan fingerprint density at radius 2 is 0.748 bits per heavy atom. The van der Waals surface area contributed by atoms with Crippen molar-refractivity contribution in [3.05, 3.63) is 219 Å². The van der Waals surface area contributed by atoms with E-state index in [-0.39, 0.29) is 78.7 Å². The number of halogens is 6. The summed E-state index contributed by atoms with van der Waals surface area (Å²) in [6.07, 6.45) is -6.27. The van der Waals surface area contributed by atoms with Crippen LogP contribution in [0.4, 0.5) is 43.4 Å². The predicted octanol–water partition coefficient (Wildman–Crippen LogP) is 12.5. The highest BCUT2D eigenvalue weighted by atomic mass is 32.2. The molecule has 6 heterocycles.